The maximum absolute atomic E-state index is 13.1. The van der Waals surface area contributed by atoms with E-state index in [1.807, 2.05) is 6.42 Å². The van der Waals surface area contributed by atoms with Crippen molar-refractivity contribution in [2.24, 2.45) is 5.73 Å². The third-order valence-electron chi connectivity index (χ3n) is 3.69. The number of benzene rings is 2. The zero-order valence-electron chi connectivity index (χ0n) is 13.4. The Balaban J connectivity index is 1.73. The van der Waals surface area contributed by atoms with Gasteiger partial charge in [-0.1, -0.05) is 31.2 Å². The lowest BCUT2D eigenvalue weighted by atomic mass is 10.0. The number of nitrogens with one attached hydrogen (secondary N) is 1. The largest absolute Gasteiger partial charge is 0.327 e. The molecule has 0 fully saturated rings. The first-order valence-electron chi connectivity index (χ1n) is 7.89. The van der Waals surface area contributed by atoms with E-state index in [0.717, 1.165) is 19.0 Å². The van der Waals surface area contributed by atoms with Gasteiger partial charge in [-0.2, -0.15) is 0 Å². The molecule has 4 heteroatoms. The van der Waals surface area contributed by atoms with E-state index >= 15 is 0 Å². The summed E-state index contributed by atoms with van der Waals surface area (Å²) in [5.74, 6) is -1.14. The van der Waals surface area contributed by atoms with E-state index in [0.29, 0.717) is 18.5 Å². The lowest BCUT2D eigenvalue weighted by molar-refractivity contribution is 0.576. The minimum atomic E-state index is -0.568. The smallest absolute Gasteiger partial charge is 0.126 e. The van der Waals surface area contributed by atoms with E-state index in [-0.39, 0.29) is 6.04 Å². The Morgan fingerprint density at radius 2 is 1.74 bits per heavy atom. The van der Waals surface area contributed by atoms with E-state index in [1.165, 1.54) is 23.3 Å². The topological polar surface area (TPSA) is 38.0 Å². The highest BCUT2D eigenvalue weighted by atomic mass is 19.1. The summed E-state index contributed by atoms with van der Waals surface area (Å²) in [6.45, 7) is 3.55. The highest BCUT2D eigenvalue weighted by Crippen LogP contribution is 2.10. The molecular weight excluding hydrogens is 294 g/mol. The van der Waals surface area contributed by atoms with Crippen molar-refractivity contribution in [3.8, 4) is 0 Å². The van der Waals surface area contributed by atoms with Gasteiger partial charge in [-0.3, -0.25) is 0 Å². The van der Waals surface area contributed by atoms with Gasteiger partial charge in [-0.25, -0.2) is 8.78 Å². The van der Waals surface area contributed by atoms with Gasteiger partial charge in [-0.05, 0) is 48.1 Å². The first-order chi connectivity index (χ1) is 11.1. The fourth-order valence-electron chi connectivity index (χ4n) is 2.50. The SMILES string of the molecule is CCc1cccc(CNC[CH][C@H](N)Cc2cc(F)cc(F)c2)c1. The van der Waals surface area contributed by atoms with Crippen LogP contribution in [0.3, 0.4) is 0 Å². The minimum absolute atomic E-state index is 0.245. The van der Waals surface area contributed by atoms with Crippen molar-refractivity contribution in [3.05, 3.63) is 77.2 Å². The molecule has 2 aromatic carbocycles. The van der Waals surface area contributed by atoms with Crippen LogP contribution in [-0.4, -0.2) is 12.6 Å². The lowest BCUT2D eigenvalue weighted by Crippen LogP contribution is -2.29. The molecule has 1 radical (unpaired) electrons. The summed E-state index contributed by atoms with van der Waals surface area (Å²) in [4.78, 5) is 0. The summed E-state index contributed by atoms with van der Waals surface area (Å²) in [5, 5.41) is 3.31. The maximum Gasteiger partial charge on any atom is 0.126 e. The Labute approximate surface area is 136 Å². The monoisotopic (exact) mass is 317 g/mol. The van der Waals surface area contributed by atoms with Gasteiger partial charge in [0.1, 0.15) is 11.6 Å². The molecule has 0 amide bonds. The lowest BCUT2D eigenvalue weighted by Gasteiger charge is -2.12. The number of hydrogen-bond acceptors (Lipinski definition) is 2. The van der Waals surface area contributed by atoms with Gasteiger partial charge in [-0.15, -0.1) is 0 Å². The van der Waals surface area contributed by atoms with E-state index < -0.39 is 11.6 Å². The predicted molar refractivity (Wildman–Crippen MR) is 89.9 cm³/mol. The first kappa shape index (κ1) is 17.6. The second kappa shape index (κ2) is 8.75. The Morgan fingerprint density at radius 3 is 2.43 bits per heavy atom. The molecule has 0 aromatic heterocycles. The van der Waals surface area contributed by atoms with Gasteiger partial charge < -0.3 is 11.1 Å². The second-order valence-corrected chi connectivity index (χ2v) is 5.69. The fraction of sp³-hybridized carbons (Fsp3) is 0.316. The summed E-state index contributed by atoms with van der Waals surface area (Å²) >= 11 is 0. The molecule has 23 heavy (non-hydrogen) atoms. The Hall–Kier alpha value is -1.78. The summed E-state index contributed by atoms with van der Waals surface area (Å²) in [6, 6.07) is 11.7. The average molecular weight is 317 g/mol. The molecule has 0 saturated heterocycles. The zero-order valence-corrected chi connectivity index (χ0v) is 13.4. The molecule has 0 spiro atoms. The number of nitrogens with two attached hydrogens (primary N) is 1. The highest BCUT2D eigenvalue weighted by Gasteiger charge is 2.07. The van der Waals surface area contributed by atoms with Crippen LogP contribution in [0.5, 0.6) is 0 Å². The van der Waals surface area contributed by atoms with Gasteiger partial charge in [0, 0.05) is 25.2 Å². The molecule has 0 saturated carbocycles. The van der Waals surface area contributed by atoms with E-state index in [1.54, 1.807) is 0 Å². The molecule has 2 aromatic rings. The van der Waals surface area contributed by atoms with Crippen LogP contribution in [0.25, 0.3) is 0 Å². The molecule has 2 nitrogen and oxygen atoms in total. The normalized spacial score (nSPS) is 12.3. The van der Waals surface area contributed by atoms with Crippen LogP contribution >= 0.6 is 0 Å². The number of aryl methyl sites for hydroxylation is 1. The van der Waals surface area contributed by atoms with Gasteiger partial charge in [0.25, 0.3) is 0 Å². The van der Waals surface area contributed by atoms with Crippen LogP contribution in [-0.2, 0) is 19.4 Å². The first-order valence-corrected chi connectivity index (χ1v) is 7.89. The van der Waals surface area contributed by atoms with Crippen molar-refractivity contribution in [1.29, 1.82) is 0 Å². The molecule has 2 rings (SSSR count). The van der Waals surface area contributed by atoms with E-state index in [2.05, 4.69) is 36.5 Å². The third-order valence-corrected chi connectivity index (χ3v) is 3.69. The van der Waals surface area contributed by atoms with Crippen LogP contribution < -0.4 is 11.1 Å². The van der Waals surface area contributed by atoms with Crippen LogP contribution in [0.2, 0.25) is 0 Å². The van der Waals surface area contributed by atoms with E-state index in [4.69, 9.17) is 5.73 Å². The Morgan fingerprint density at radius 1 is 1.04 bits per heavy atom. The predicted octanol–water partition coefficient (Wildman–Crippen LogP) is 3.39. The van der Waals surface area contributed by atoms with Crippen molar-refractivity contribution in [2.75, 3.05) is 6.54 Å². The molecule has 0 bridgehead atoms. The molecular formula is C19H23F2N2. The van der Waals surface area contributed by atoms with Crippen LogP contribution in [0, 0.1) is 18.1 Å². The Bertz CT molecular complexity index is 608. The molecule has 0 aliphatic carbocycles. The summed E-state index contributed by atoms with van der Waals surface area (Å²) in [5.41, 5.74) is 9.11. The molecule has 0 aliphatic heterocycles. The average Bonchev–Trinajstić information content (AvgIpc) is 2.51. The quantitative estimate of drug-likeness (QED) is 0.733. The third kappa shape index (κ3) is 6.08. The minimum Gasteiger partial charge on any atom is -0.327 e. The molecule has 1 atom stereocenters. The fourth-order valence-corrected chi connectivity index (χ4v) is 2.50. The van der Waals surface area contributed by atoms with Gasteiger partial charge in [0.2, 0.25) is 0 Å². The number of halogens is 2. The summed E-state index contributed by atoms with van der Waals surface area (Å²) in [6.07, 6.45) is 3.36. The van der Waals surface area contributed by atoms with E-state index in [9.17, 15) is 8.78 Å². The second-order valence-electron chi connectivity index (χ2n) is 5.69. The zero-order chi connectivity index (χ0) is 16.7. The standard InChI is InChI=1S/C19H23F2N2/c1-2-14-4-3-5-15(8-14)13-23-7-6-19(22)11-16-9-17(20)12-18(21)10-16/h3-6,8-10,12,19,23H,2,7,11,13,22H2,1H3/t19-/m0/s1. The number of hydrogen-bond donors (Lipinski definition) is 2. The van der Waals surface area contributed by atoms with Crippen LogP contribution in [0.1, 0.15) is 23.6 Å². The van der Waals surface area contributed by atoms with Crippen LogP contribution in [0.15, 0.2) is 42.5 Å². The maximum atomic E-state index is 13.1. The Kier molecular flexibility index (Phi) is 6.68. The van der Waals surface area contributed by atoms with Crippen molar-refractivity contribution in [3.63, 3.8) is 0 Å². The molecule has 0 unspecified atom stereocenters. The molecule has 3 N–H and O–H groups in total. The van der Waals surface area contributed by atoms with Crippen molar-refractivity contribution in [2.45, 2.75) is 32.4 Å². The van der Waals surface area contributed by atoms with Gasteiger partial charge in [0.15, 0.2) is 0 Å². The van der Waals surface area contributed by atoms with Crippen molar-refractivity contribution < 1.29 is 8.78 Å². The number of rotatable bonds is 8. The van der Waals surface area contributed by atoms with Crippen molar-refractivity contribution >= 4 is 0 Å². The molecule has 0 aliphatic rings. The van der Waals surface area contributed by atoms with Gasteiger partial charge >= 0.3 is 0 Å². The van der Waals surface area contributed by atoms with Crippen molar-refractivity contribution in [1.82, 2.24) is 5.32 Å². The highest BCUT2D eigenvalue weighted by molar-refractivity contribution is 5.23. The van der Waals surface area contributed by atoms with Crippen LogP contribution in [0.4, 0.5) is 8.78 Å². The van der Waals surface area contributed by atoms with Gasteiger partial charge in [0.05, 0.1) is 0 Å². The molecule has 0 heterocycles. The molecule has 123 valence electrons. The summed E-state index contributed by atoms with van der Waals surface area (Å²) < 4.78 is 26.3. The summed E-state index contributed by atoms with van der Waals surface area (Å²) in [7, 11) is 0.